The summed E-state index contributed by atoms with van der Waals surface area (Å²) in [4.78, 5) is 40.3. The average Bonchev–Trinajstić information content (AvgIpc) is 2.80. The van der Waals surface area contributed by atoms with Gasteiger partial charge in [-0.15, -0.1) is 0 Å². The Morgan fingerprint density at radius 1 is 1.48 bits per heavy atom. The maximum atomic E-state index is 11.7. The number of ketones is 1. The van der Waals surface area contributed by atoms with E-state index in [2.05, 4.69) is 10.8 Å². The van der Waals surface area contributed by atoms with Gasteiger partial charge in [0.25, 0.3) is 5.56 Å². The molecule has 2 heterocycles. The third-order valence-corrected chi connectivity index (χ3v) is 3.37. The van der Waals surface area contributed by atoms with Crippen LogP contribution in [0.4, 0.5) is 0 Å². The van der Waals surface area contributed by atoms with E-state index in [1.54, 1.807) is 0 Å². The van der Waals surface area contributed by atoms with Crippen LogP contribution < -0.4 is 22.6 Å². The zero-order chi connectivity index (χ0) is 17.1. The highest BCUT2D eigenvalue weighted by Gasteiger charge is 2.48. The zero-order valence-corrected chi connectivity index (χ0v) is 11.7. The van der Waals surface area contributed by atoms with E-state index < -0.39 is 54.2 Å². The Morgan fingerprint density at radius 3 is 2.78 bits per heavy atom. The molecule has 1 aliphatic rings. The monoisotopic (exact) mass is 332 g/mol. The Kier molecular flexibility index (Phi) is 5.38. The van der Waals surface area contributed by atoms with Gasteiger partial charge < -0.3 is 20.1 Å². The number of hydroxylamine groups is 1. The fourth-order valence-corrected chi connectivity index (χ4v) is 2.20. The van der Waals surface area contributed by atoms with Gasteiger partial charge in [0, 0.05) is 12.3 Å². The summed E-state index contributed by atoms with van der Waals surface area (Å²) >= 11 is 0. The van der Waals surface area contributed by atoms with Crippen molar-refractivity contribution in [2.75, 3.05) is 6.54 Å². The molecule has 1 saturated heterocycles. The number of nitrogens with two attached hydrogens (primary N) is 1. The number of rotatable bonds is 6. The second-order valence-electron chi connectivity index (χ2n) is 4.84. The summed E-state index contributed by atoms with van der Waals surface area (Å²) in [5, 5.41) is 29.8. The molecule has 12 nitrogen and oxygen atoms in total. The summed E-state index contributed by atoms with van der Waals surface area (Å²) in [6.07, 6.45) is -6.86. The van der Waals surface area contributed by atoms with Gasteiger partial charge >= 0.3 is 5.69 Å². The predicted octanol–water partition coefficient (Wildman–Crippen LogP) is -4.52. The van der Waals surface area contributed by atoms with Crippen LogP contribution in [0.25, 0.3) is 0 Å². The van der Waals surface area contributed by atoms with Gasteiger partial charge in [0.15, 0.2) is 12.0 Å². The number of ether oxygens (including phenoxy) is 1. The summed E-state index contributed by atoms with van der Waals surface area (Å²) in [5.41, 5.74) is 0.475. The van der Waals surface area contributed by atoms with Crippen LogP contribution in [0.1, 0.15) is 6.23 Å². The number of aliphatic hydroxyl groups excluding tert-OH is 3. The molecule has 1 aliphatic heterocycles. The molecule has 0 saturated carbocycles. The van der Waals surface area contributed by atoms with Crippen LogP contribution in [-0.2, 0) is 14.5 Å². The van der Waals surface area contributed by atoms with Gasteiger partial charge in [0.1, 0.15) is 24.4 Å². The molecular formula is C11H16N4O8. The van der Waals surface area contributed by atoms with Gasteiger partial charge in [0.05, 0.1) is 6.54 Å². The van der Waals surface area contributed by atoms with Crippen LogP contribution in [0, 0.1) is 0 Å². The summed E-state index contributed by atoms with van der Waals surface area (Å²) in [6, 6.07) is 1.02. The number of H-pyrrole nitrogens is 1. The van der Waals surface area contributed by atoms with Crippen molar-refractivity contribution in [3.8, 4) is 0 Å². The summed E-state index contributed by atoms with van der Waals surface area (Å²) in [5.74, 6) is 3.86. The van der Waals surface area contributed by atoms with Gasteiger partial charge in [-0.25, -0.2) is 9.73 Å². The van der Waals surface area contributed by atoms with Crippen LogP contribution in [-0.4, -0.2) is 61.6 Å². The largest absolute Gasteiger partial charge is 0.387 e. The fraction of sp³-hybridized carbons (Fsp3) is 0.545. The van der Waals surface area contributed by atoms with Crippen molar-refractivity contribution in [2.45, 2.75) is 30.6 Å². The van der Waals surface area contributed by atoms with E-state index in [4.69, 9.17) is 4.74 Å². The molecular weight excluding hydrogens is 316 g/mol. The third-order valence-electron chi connectivity index (χ3n) is 3.37. The molecule has 0 bridgehead atoms. The van der Waals surface area contributed by atoms with Crippen molar-refractivity contribution in [3.05, 3.63) is 33.1 Å². The van der Waals surface area contributed by atoms with Crippen molar-refractivity contribution >= 4 is 5.78 Å². The molecule has 23 heavy (non-hydrogen) atoms. The highest BCUT2D eigenvalue weighted by molar-refractivity contribution is 5.85. The number of carbonyl (C=O) groups is 1. The molecule has 128 valence electrons. The van der Waals surface area contributed by atoms with Crippen molar-refractivity contribution in [1.29, 1.82) is 0 Å². The standard InChI is InChI=1S/C11H16N4O8/c12-23-13-3-4(16)6(18)9-7(19)8(20)10(22-9)15-2-1-5(17)14-11(15)21/h1-2,6-10,13,18-20H,3,12H2,(H,14,17,21)/t6?,7-,8+,9+,10+/m0/s1. The first-order chi connectivity index (χ1) is 10.9. The number of aromatic nitrogens is 2. The number of aliphatic hydroxyl groups is 3. The molecule has 7 N–H and O–H groups in total. The quantitative estimate of drug-likeness (QED) is 0.277. The number of nitrogens with one attached hydrogen (secondary N) is 2. The Morgan fingerprint density at radius 2 is 2.17 bits per heavy atom. The molecule has 2 rings (SSSR count). The highest BCUT2D eigenvalue weighted by Crippen LogP contribution is 2.30. The van der Waals surface area contributed by atoms with Crippen molar-refractivity contribution in [1.82, 2.24) is 15.0 Å². The highest BCUT2D eigenvalue weighted by atomic mass is 16.8. The molecule has 0 amide bonds. The number of nitrogens with zero attached hydrogens (tertiary/aromatic N) is 1. The Labute approximate surface area is 128 Å². The topological polar surface area (TPSA) is 189 Å². The van der Waals surface area contributed by atoms with Crippen LogP contribution in [0.5, 0.6) is 0 Å². The molecule has 12 heteroatoms. The summed E-state index contributed by atoms with van der Waals surface area (Å²) < 4.78 is 6.05. The maximum absolute atomic E-state index is 11.7. The SMILES string of the molecule is NONCC(=O)C(O)[C@H]1O[C@@H](n2ccc(=O)[nH]c2=O)[C@H](O)[C@@H]1O. The Balaban J connectivity index is 2.19. The summed E-state index contributed by atoms with van der Waals surface area (Å²) in [6.45, 7) is -0.469. The van der Waals surface area contributed by atoms with Crippen molar-refractivity contribution in [3.63, 3.8) is 0 Å². The molecule has 0 aromatic carbocycles. The molecule has 0 radical (unpaired) electrons. The van der Waals surface area contributed by atoms with Crippen LogP contribution in [0.3, 0.4) is 0 Å². The Bertz CT molecular complexity index is 672. The Hall–Kier alpha value is -1.93. The molecule has 1 aromatic rings. The number of Topliss-reactive ketones (excluding diaryl/α,β-unsaturated/α-hetero) is 1. The predicted molar refractivity (Wildman–Crippen MR) is 71.5 cm³/mol. The van der Waals surface area contributed by atoms with Crippen LogP contribution in [0.2, 0.25) is 0 Å². The van der Waals surface area contributed by atoms with Gasteiger partial charge in [0.2, 0.25) is 0 Å². The van der Waals surface area contributed by atoms with E-state index >= 15 is 0 Å². The van der Waals surface area contributed by atoms with Crippen molar-refractivity contribution < 1.29 is 29.8 Å². The molecule has 1 unspecified atom stereocenters. The van der Waals surface area contributed by atoms with E-state index in [1.807, 2.05) is 10.5 Å². The van der Waals surface area contributed by atoms with Crippen molar-refractivity contribution in [2.24, 2.45) is 5.90 Å². The number of hydrogen-bond acceptors (Lipinski definition) is 10. The lowest BCUT2D eigenvalue weighted by Gasteiger charge is -2.19. The minimum absolute atomic E-state index is 0.469. The maximum Gasteiger partial charge on any atom is 0.330 e. The van der Waals surface area contributed by atoms with E-state index in [1.165, 1.54) is 0 Å². The first-order valence-corrected chi connectivity index (χ1v) is 6.49. The second kappa shape index (κ2) is 7.10. The third kappa shape index (κ3) is 3.53. The van der Waals surface area contributed by atoms with E-state index in [-0.39, 0.29) is 0 Å². The summed E-state index contributed by atoms with van der Waals surface area (Å²) in [7, 11) is 0. The molecule has 5 atom stereocenters. The van der Waals surface area contributed by atoms with Gasteiger partial charge in [-0.1, -0.05) is 0 Å². The van der Waals surface area contributed by atoms with Gasteiger partial charge in [-0.2, -0.15) is 11.4 Å². The van der Waals surface area contributed by atoms with E-state index in [9.17, 15) is 29.7 Å². The molecule has 1 aromatic heterocycles. The molecule has 1 fully saturated rings. The van der Waals surface area contributed by atoms with Gasteiger partial charge in [-0.05, 0) is 0 Å². The van der Waals surface area contributed by atoms with Crippen LogP contribution >= 0.6 is 0 Å². The zero-order valence-electron chi connectivity index (χ0n) is 11.7. The number of carbonyl (C=O) groups excluding carboxylic acids is 1. The van der Waals surface area contributed by atoms with Gasteiger partial charge in [-0.3, -0.25) is 19.1 Å². The molecule has 0 spiro atoms. The first kappa shape index (κ1) is 17.4. The second-order valence-corrected chi connectivity index (χ2v) is 4.84. The van der Waals surface area contributed by atoms with E-state index in [0.717, 1.165) is 16.8 Å². The smallest absolute Gasteiger partial charge is 0.330 e. The number of hydrogen-bond donors (Lipinski definition) is 6. The lowest BCUT2D eigenvalue weighted by molar-refractivity contribution is -0.143. The first-order valence-electron chi connectivity index (χ1n) is 6.49. The minimum atomic E-state index is -1.80. The van der Waals surface area contributed by atoms with Crippen LogP contribution in [0.15, 0.2) is 21.9 Å². The minimum Gasteiger partial charge on any atom is -0.387 e. The lowest BCUT2D eigenvalue weighted by Crippen LogP contribution is -2.45. The lowest BCUT2D eigenvalue weighted by atomic mass is 10.0. The fourth-order valence-electron chi connectivity index (χ4n) is 2.20. The van der Waals surface area contributed by atoms with E-state index in [0.29, 0.717) is 0 Å². The normalized spacial score (nSPS) is 28.7. The average molecular weight is 332 g/mol. The molecule has 0 aliphatic carbocycles. The number of aromatic amines is 1.